The molecule has 0 radical (unpaired) electrons. The molecule has 7 heteroatoms. The lowest BCUT2D eigenvalue weighted by molar-refractivity contribution is -0.119. The molecule has 114 valence electrons. The van der Waals surface area contributed by atoms with Crippen molar-refractivity contribution in [2.45, 2.75) is 19.8 Å². The summed E-state index contributed by atoms with van der Waals surface area (Å²) >= 11 is 5.74. The Bertz CT molecular complexity index is 767. The summed E-state index contributed by atoms with van der Waals surface area (Å²) in [5.74, 6) is -1.07. The van der Waals surface area contributed by atoms with Crippen LogP contribution in [-0.4, -0.2) is 17.9 Å². The normalized spacial score (nSPS) is 11.8. The number of likely N-dealkylation sites (N-methyl/N-ethyl adjacent to an activating group) is 1. The first-order valence-electron chi connectivity index (χ1n) is 6.45. The van der Waals surface area contributed by atoms with Crippen LogP contribution in [0.15, 0.2) is 22.6 Å². The van der Waals surface area contributed by atoms with Crippen LogP contribution < -0.4 is 4.90 Å². The fourth-order valence-corrected chi connectivity index (χ4v) is 2.22. The van der Waals surface area contributed by atoms with Crippen LogP contribution in [0.5, 0.6) is 0 Å². The number of benzene rings is 1. The molecule has 0 bridgehead atoms. The number of nitrogens with zero attached hydrogens (tertiary/aromatic N) is 3. The number of anilines is 1. The van der Waals surface area contributed by atoms with Gasteiger partial charge in [0.15, 0.2) is 5.89 Å². The molecule has 2 aromatic rings. The molecule has 1 aromatic carbocycles. The Morgan fingerprint density at radius 3 is 2.82 bits per heavy atom. The van der Waals surface area contributed by atoms with Crippen molar-refractivity contribution in [1.29, 1.82) is 5.26 Å². The number of hydrogen-bond acceptors (Lipinski definition) is 4. The van der Waals surface area contributed by atoms with Gasteiger partial charge in [0.1, 0.15) is 11.9 Å². The monoisotopic (exact) mass is 321 g/mol. The Labute approximate surface area is 131 Å². The molecule has 2 rings (SSSR count). The molecule has 0 spiro atoms. The highest BCUT2D eigenvalue weighted by Crippen LogP contribution is 2.27. The van der Waals surface area contributed by atoms with Gasteiger partial charge in [-0.25, -0.2) is 9.37 Å². The van der Waals surface area contributed by atoms with Crippen molar-refractivity contribution < 1.29 is 13.6 Å². The number of amides is 1. The van der Waals surface area contributed by atoms with Crippen molar-refractivity contribution in [3.63, 3.8) is 0 Å². The Balaban J connectivity index is 2.30. The summed E-state index contributed by atoms with van der Waals surface area (Å²) < 4.78 is 18.5. The number of oxazole rings is 1. The van der Waals surface area contributed by atoms with Crippen molar-refractivity contribution >= 4 is 23.4 Å². The molecule has 0 aliphatic rings. The van der Waals surface area contributed by atoms with Crippen LogP contribution in [0.1, 0.15) is 30.0 Å². The van der Waals surface area contributed by atoms with Gasteiger partial charge in [0.05, 0.1) is 10.9 Å². The third-order valence-electron chi connectivity index (χ3n) is 3.27. The van der Waals surface area contributed by atoms with E-state index in [-0.39, 0.29) is 22.5 Å². The van der Waals surface area contributed by atoms with E-state index in [1.165, 1.54) is 30.1 Å². The van der Waals surface area contributed by atoms with Gasteiger partial charge in [-0.15, -0.1) is 0 Å². The smallest absolute Gasteiger partial charge is 0.241 e. The molecule has 1 heterocycles. The lowest BCUT2D eigenvalue weighted by atomic mass is 10.00. The van der Waals surface area contributed by atoms with Gasteiger partial charge in [0, 0.05) is 14.0 Å². The minimum absolute atomic E-state index is 0.0395. The minimum atomic E-state index is -0.583. The average Bonchev–Trinajstić information content (AvgIpc) is 2.88. The number of carbonyl (C=O) groups excluding carboxylic acids is 1. The molecule has 1 aromatic heterocycles. The summed E-state index contributed by atoms with van der Waals surface area (Å²) in [6.45, 7) is 3.25. The number of aromatic nitrogens is 1. The molecule has 0 aliphatic carbocycles. The molecule has 0 fully saturated rings. The molecule has 0 aliphatic heterocycles. The molecule has 1 unspecified atom stereocenters. The van der Waals surface area contributed by atoms with E-state index in [9.17, 15) is 9.18 Å². The highest BCUT2D eigenvalue weighted by molar-refractivity contribution is 6.30. The molecule has 0 saturated carbocycles. The largest absolute Gasteiger partial charge is 0.423 e. The van der Waals surface area contributed by atoms with E-state index in [0.29, 0.717) is 11.5 Å². The van der Waals surface area contributed by atoms with Gasteiger partial charge in [0.2, 0.25) is 17.5 Å². The standard InChI is InChI=1S/C15H13ClFN3O2/c1-8(10-4-5-12(17)11(16)6-10)14(21)20(3)15-13(7-18)19-9(2)22-15/h4-6,8H,1-3H3. The van der Waals surface area contributed by atoms with Gasteiger partial charge in [-0.2, -0.15) is 5.26 Å². The van der Waals surface area contributed by atoms with E-state index < -0.39 is 11.7 Å². The number of aryl methyl sites for hydroxylation is 1. The lowest BCUT2D eigenvalue weighted by Gasteiger charge is -2.19. The maximum Gasteiger partial charge on any atom is 0.241 e. The summed E-state index contributed by atoms with van der Waals surface area (Å²) in [5, 5.41) is 8.97. The second-order valence-electron chi connectivity index (χ2n) is 4.79. The van der Waals surface area contributed by atoms with Crippen LogP contribution in [0.25, 0.3) is 0 Å². The Hall–Kier alpha value is -2.39. The number of rotatable bonds is 3. The average molecular weight is 322 g/mol. The maximum absolute atomic E-state index is 13.2. The van der Waals surface area contributed by atoms with E-state index in [0.717, 1.165) is 0 Å². The second-order valence-corrected chi connectivity index (χ2v) is 5.20. The van der Waals surface area contributed by atoms with Gasteiger partial charge >= 0.3 is 0 Å². The van der Waals surface area contributed by atoms with Gasteiger partial charge in [-0.3, -0.25) is 9.69 Å². The highest BCUT2D eigenvalue weighted by atomic mass is 35.5. The third-order valence-corrected chi connectivity index (χ3v) is 3.56. The number of halogens is 2. The zero-order chi connectivity index (χ0) is 16.4. The topological polar surface area (TPSA) is 70.1 Å². The quantitative estimate of drug-likeness (QED) is 0.868. The fraction of sp³-hybridized carbons (Fsp3) is 0.267. The van der Waals surface area contributed by atoms with Crippen LogP contribution in [0.3, 0.4) is 0 Å². The summed E-state index contributed by atoms with van der Waals surface area (Å²) in [6, 6.07) is 5.99. The summed E-state index contributed by atoms with van der Waals surface area (Å²) in [7, 11) is 1.49. The summed E-state index contributed by atoms with van der Waals surface area (Å²) in [4.78, 5) is 17.6. The van der Waals surface area contributed by atoms with Gasteiger partial charge < -0.3 is 4.42 Å². The van der Waals surface area contributed by atoms with Crippen molar-refractivity contribution in [2.24, 2.45) is 0 Å². The van der Waals surface area contributed by atoms with Crippen LogP contribution >= 0.6 is 11.6 Å². The van der Waals surface area contributed by atoms with Crippen molar-refractivity contribution in [3.8, 4) is 6.07 Å². The van der Waals surface area contributed by atoms with Crippen LogP contribution in [-0.2, 0) is 4.79 Å². The molecule has 5 nitrogen and oxygen atoms in total. The fourth-order valence-electron chi connectivity index (χ4n) is 2.03. The minimum Gasteiger partial charge on any atom is -0.423 e. The zero-order valence-electron chi connectivity index (χ0n) is 12.2. The van der Waals surface area contributed by atoms with Gasteiger partial charge in [-0.1, -0.05) is 17.7 Å². The highest BCUT2D eigenvalue weighted by Gasteiger charge is 2.26. The second kappa shape index (κ2) is 6.16. The Kier molecular flexibility index (Phi) is 4.48. The van der Waals surface area contributed by atoms with E-state index in [2.05, 4.69) is 4.98 Å². The third kappa shape index (κ3) is 2.95. The van der Waals surface area contributed by atoms with Crippen LogP contribution in [0, 0.1) is 24.1 Å². The van der Waals surface area contributed by atoms with Gasteiger partial charge in [0.25, 0.3) is 0 Å². The van der Waals surface area contributed by atoms with E-state index in [4.69, 9.17) is 21.3 Å². The first kappa shape index (κ1) is 16.0. The molecule has 22 heavy (non-hydrogen) atoms. The van der Waals surface area contributed by atoms with E-state index in [1.54, 1.807) is 13.8 Å². The summed E-state index contributed by atoms with van der Waals surface area (Å²) in [6.07, 6.45) is 0. The molecular weight excluding hydrogens is 309 g/mol. The molecular formula is C15H13ClFN3O2. The van der Waals surface area contributed by atoms with E-state index >= 15 is 0 Å². The number of hydrogen-bond donors (Lipinski definition) is 0. The predicted octanol–water partition coefficient (Wildman–Crippen LogP) is 3.41. The molecule has 1 amide bonds. The summed E-state index contributed by atoms with van der Waals surface area (Å²) in [5.41, 5.74) is 0.607. The Morgan fingerprint density at radius 1 is 1.55 bits per heavy atom. The van der Waals surface area contributed by atoms with Crippen molar-refractivity contribution in [2.75, 3.05) is 11.9 Å². The number of carbonyl (C=O) groups is 1. The van der Waals surface area contributed by atoms with E-state index in [1.807, 2.05) is 6.07 Å². The van der Waals surface area contributed by atoms with Crippen LogP contribution in [0.4, 0.5) is 10.3 Å². The number of nitriles is 1. The molecule has 0 N–H and O–H groups in total. The van der Waals surface area contributed by atoms with Gasteiger partial charge in [-0.05, 0) is 24.6 Å². The Morgan fingerprint density at radius 2 is 2.23 bits per heavy atom. The molecule has 0 saturated heterocycles. The first-order valence-corrected chi connectivity index (χ1v) is 6.83. The predicted molar refractivity (Wildman–Crippen MR) is 79.2 cm³/mol. The van der Waals surface area contributed by atoms with Crippen LogP contribution in [0.2, 0.25) is 5.02 Å². The lowest BCUT2D eigenvalue weighted by Crippen LogP contribution is -2.30. The first-order chi connectivity index (χ1) is 10.3. The van der Waals surface area contributed by atoms with Crippen molar-refractivity contribution in [1.82, 2.24) is 4.98 Å². The maximum atomic E-state index is 13.2. The zero-order valence-corrected chi connectivity index (χ0v) is 13.0. The van der Waals surface area contributed by atoms with Crippen molar-refractivity contribution in [3.05, 3.63) is 46.2 Å². The molecule has 1 atom stereocenters. The SMILES string of the molecule is Cc1nc(C#N)c(N(C)C(=O)C(C)c2ccc(F)c(Cl)c2)o1.